The van der Waals surface area contributed by atoms with Crippen molar-refractivity contribution in [3.05, 3.63) is 16.1 Å². The predicted molar refractivity (Wildman–Crippen MR) is 101 cm³/mol. The van der Waals surface area contributed by atoms with Gasteiger partial charge in [-0.2, -0.15) is 0 Å². The lowest BCUT2D eigenvalue weighted by Gasteiger charge is -2.24. The Morgan fingerprint density at radius 2 is 2.41 bits per heavy atom. The van der Waals surface area contributed by atoms with E-state index in [4.69, 9.17) is 4.74 Å². The first-order chi connectivity index (χ1) is 10.2. The number of ether oxygens (including phenoxy) is 1. The second kappa shape index (κ2) is 7.92. The number of halogens is 1. The molecule has 1 spiro atoms. The van der Waals surface area contributed by atoms with E-state index in [1.54, 1.807) is 11.3 Å². The molecule has 2 saturated heterocycles. The molecule has 1 aromatic rings. The zero-order valence-corrected chi connectivity index (χ0v) is 16.4. The molecule has 3 heterocycles. The van der Waals surface area contributed by atoms with Crippen LogP contribution in [0.5, 0.6) is 0 Å². The highest BCUT2D eigenvalue weighted by Gasteiger charge is 2.42. The van der Waals surface area contributed by atoms with Crippen LogP contribution in [0.1, 0.15) is 29.7 Å². The van der Waals surface area contributed by atoms with Gasteiger partial charge < -0.3 is 15.0 Å². The van der Waals surface area contributed by atoms with Gasteiger partial charge in [0.05, 0.1) is 13.2 Å². The topological polar surface area (TPSA) is 49.8 Å². The van der Waals surface area contributed by atoms with Crippen LogP contribution in [0.2, 0.25) is 0 Å². The SMILES string of the molecule is CCc1cnc(CNC(=NC)N2CCC3(CCOC3)C2)s1.I. The van der Waals surface area contributed by atoms with E-state index in [-0.39, 0.29) is 24.0 Å². The molecular formula is C15H25IN4OS. The minimum atomic E-state index is 0. The molecule has 1 aromatic heterocycles. The molecule has 1 atom stereocenters. The molecule has 1 unspecified atom stereocenters. The highest BCUT2D eigenvalue weighted by atomic mass is 127. The third-order valence-electron chi connectivity index (χ3n) is 4.48. The molecule has 3 rings (SSSR count). The Bertz CT molecular complexity index is 513. The Balaban J connectivity index is 0.00000176. The first-order valence-electron chi connectivity index (χ1n) is 7.71. The van der Waals surface area contributed by atoms with E-state index in [9.17, 15) is 0 Å². The van der Waals surface area contributed by atoms with Gasteiger partial charge in [-0.15, -0.1) is 35.3 Å². The fraction of sp³-hybridized carbons (Fsp3) is 0.733. The minimum Gasteiger partial charge on any atom is -0.381 e. The number of rotatable bonds is 3. The summed E-state index contributed by atoms with van der Waals surface area (Å²) in [5.41, 5.74) is 0.369. The second-order valence-electron chi connectivity index (χ2n) is 5.95. The van der Waals surface area contributed by atoms with E-state index in [1.165, 1.54) is 17.7 Å². The smallest absolute Gasteiger partial charge is 0.194 e. The molecule has 0 saturated carbocycles. The minimum absolute atomic E-state index is 0. The van der Waals surface area contributed by atoms with Crippen molar-refractivity contribution in [2.24, 2.45) is 10.4 Å². The number of guanidine groups is 1. The van der Waals surface area contributed by atoms with Crippen molar-refractivity contribution in [1.82, 2.24) is 15.2 Å². The average Bonchev–Trinajstić information content (AvgIpc) is 3.23. The Hall–Kier alpha value is -0.410. The van der Waals surface area contributed by atoms with Crippen LogP contribution < -0.4 is 5.32 Å². The maximum absolute atomic E-state index is 5.59. The lowest BCUT2D eigenvalue weighted by atomic mass is 9.87. The van der Waals surface area contributed by atoms with Crippen molar-refractivity contribution >= 4 is 41.3 Å². The quantitative estimate of drug-likeness (QED) is 0.450. The van der Waals surface area contributed by atoms with Gasteiger partial charge >= 0.3 is 0 Å². The summed E-state index contributed by atoms with van der Waals surface area (Å²) in [5, 5.41) is 4.59. The summed E-state index contributed by atoms with van der Waals surface area (Å²) >= 11 is 1.78. The maximum atomic E-state index is 5.59. The third kappa shape index (κ3) is 3.91. The number of aromatic nitrogens is 1. The van der Waals surface area contributed by atoms with Crippen molar-refractivity contribution in [1.29, 1.82) is 0 Å². The fourth-order valence-corrected chi connectivity index (χ4v) is 3.97. The zero-order valence-electron chi connectivity index (χ0n) is 13.3. The van der Waals surface area contributed by atoms with Crippen molar-refractivity contribution in [3.63, 3.8) is 0 Å². The first kappa shape index (κ1) is 17.9. The summed E-state index contributed by atoms with van der Waals surface area (Å²) in [6.07, 6.45) is 5.43. The highest BCUT2D eigenvalue weighted by molar-refractivity contribution is 14.0. The molecule has 124 valence electrons. The van der Waals surface area contributed by atoms with Crippen LogP contribution >= 0.6 is 35.3 Å². The lowest BCUT2D eigenvalue weighted by Crippen LogP contribution is -2.41. The summed E-state index contributed by atoms with van der Waals surface area (Å²) in [6, 6.07) is 0. The normalized spacial score (nSPS) is 24.8. The predicted octanol–water partition coefficient (Wildman–Crippen LogP) is 2.51. The van der Waals surface area contributed by atoms with Gasteiger partial charge in [-0.25, -0.2) is 4.98 Å². The summed E-state index contributed by atoms with van der Waals surface area (Å²) < 4.78 is 5.59. The van der Waals surface area contributed by atoms with Crippen LogP contribution in [-0.2, 0) is 17.7 Å². The van der Waals surface area contributed by atoms with Crippen molar-refractivity contribution in [2.45, 2.75) is 32.7 Å². The molecular weight excluding hydrogens is 411 g/mol. The van der Waals surface area contributed by atoms with Crippen LogP contribution in [0.15, 0.2) is 11.2 Å². The first-order valence-corrected chi connectivity index (χ1v) is 8.53. The van der Waals surface area contributed by atoms with E-state index < -0.39 is 0 Å². The molecule has 1 N–H and O–H groups in total. The van der Waals surface area contributed by atoms with Gasteiger partial charge in [0.1, 0.15) is 5.01 Å². The van der Waals surface area contributed by atoms with Gasteiger partial charge in [-0.05, 0) is 19.3 Å². The molecule has 0 radical (unpaired) electrons. The molecule has 7 heteroatoms. The number of likely N-dealkylation sites (tertiary alicyclic amines) is 1. The van der Waals surface area contributed by atoms with Gasteiger partial charge in [0, 0.05) is 43.2 Å². The summed E-state index contributed by atoms with van der Waals surface area (Å²) in [6.45, 7) is 6.88. The Labute approximate surface area is 153 Å². The van der Waals surface area contributed by atoms with Gasteiger partial charge in [-0.3, -0.25) is 4.99 Å². The molecule has 2 aliphatic rings. The monoisotopic (exact) mass is 436 g/mol. The molecule has 2 aliphatic heterocycles. The van der Waals surface area contributed by atoms with Crippen LogP contribution in [0.25, 0.3) is 0 Å². The molecule has 22 heavy (non-hydrogen) atoms. The Kier molecular flexibility index (Phi) is 6.46. The van der Waals surface area contributed by atoms with Crippen molar-refractivity contribution < 1.29 is 4.74 Å². The number of nitrogens with zero attached hydrogens (tertiary/aromatic N) is 3. The standard InChI is InChI=1S/C15H24N4OS.HI/c1-3-12-8-17-13(21-12)9-18-14(16-2)19-6-4-15(10-19)5-7-20-11-15;/h8H,3-7,9-11H2,1-2H3,(H,16,18);1H. The van der Waals surface area contributed by atoms with Gasteiger partial charge in [-0.1, -0.05) is 6.92 Å². The molecule has 5 nitrogen and oxygen atoms in total. The molecule has 2 fully saturated rings. The molecule has 0 aliphatic carbocycles. The van der Waals surface area contributed by atoms with Gasteiger partial charge in [0.15, 0.2) is 5.96 Å². The summed E-state index contributed by atoms with van der Waals surface area (Å²) in [4.78, 5) is 12.6. The fourth-order valence-electron chi connectivity index (χ4n) is 3.17. The van der Waals surface area contributed by atoms with E-state index in [2.05, 4.69) is 27.1 Å². The largest absolute Gasteiger partial charge is 0.381 e. The van der Waals surface area contributed by atoms with Crippen molar-refractivity contribution in [3.8, 4) is 0 Å². The zero-order chi connectivity index (χ0) is 14.7. The number of aryl methyl sites for hydroxylation is 1. The Morgan fingerprint density at radius 1 is 1.55 bits per heavy atom. The van der Waals surface area contributed by atoms with E-state index >= 15 is 0 Å². The van der Waals surface area contributed by atoms with E-state index in [0.29, 0.717) is 5.41 Å². The van der Waals surface area contributed by atoms with Crippen LogP contribution in [0.3, 0.4) is 0 Å². The number of thiazole rings is 1. The summed E-state index contributed by atoms with van der Waals surface area (Å²) in [5.74, 6) is 0.993. The van der Waals surface area contributed by atoms with Crippen molar-refractivity contribution in [2.75, 3.05) is 33.4 Å². The van der Waals surface area contributed by atoms with Crippen LogP contribution in [0, 0.1) is 5.41 Å². The van der Waals surface area contributed by atoms with E-state index in [1.807, 2.05) is 13.2 Å². The highest BCUT2D eigenvalue weighted by Crippen LogP contribution is 2.38. The van der Waals surface area contributed by atoms with Gasteiger partial charge in [0.2, 0.25) is 0 Å². The summed E-state index contributed by atoms with van der Waals surface area (Å²) in [7, 11) is 1.86. The number of hydrogen-bond donors (Lipinski definition) is 1. The maximum Gasteiger partial charge on any atom is 0.194 e. The third-order valence-corrected chi connectivity index (χ3v) is 5.62. The number of aliphatic imine (C=N–C) groups is 1. The molecule has 0 amide bonds. The molecule has 0 bridgehead atoms. The number of hydrogen-bond acceptors (Lipinski definition) is 4. The van der Waals surface area contributed by atoms with Crippen LogP contribution in [0.4, 0.5) is 0 Å². The molecule has 0 aromatic carbocycles. The van der Waals surface area contributed by atoms with Crippen LogP contribution in [-0.4, -0.2) is 49.2 Å². The second-order valence-corrected chi connectivity index (χ2v) is 7.15. The lowest BCUT2D eigenvalue weighted by molar-refractivity contribution is 0.156. The average molecular weight is 436 g/mol. The Morgan fingerprint density at radius 3 is 3.05 bits per heavy atom. The number of nitrogens with one attached hydrogen (secondary N) is 1. The van der Waals surface area contributed by atoms with Gasteiger partial charge in [0.25, 0.3) is 0 Å². The van der Waals surface area contributed by atoms with E-state index in [0.717, 1.165) is 50.2 Å².